The van der Waals surface area contributed by atoms with Crippen molar-refractivity contribution in [2.45, 2.75) is 0 Å². The molecular formula is C24H19FN4O2. The van der Waals surface area contributed by atoms with Crippen molar-refractivity contribution in [1.29, 1.82) is 0 Å². The zero-order valence-electron chi connectivity index (χ0n) is 16.7. The number of anilines is 3. The van der Waals surface area contributed by atoms with Crippen LogP contribution < -0.4 is 15.4 Å². The molecule has 1 amide bonds. The van der Waals surface area contributed by atoms with Gasteiger partial charge in [0.2, 0.25) is 0 Å². The molecule has 0 atom stereocenters. The Morgan fingerprint density at radius 3 is 2.48 bits per heavy atom. The summed E-state index contributed by atoms with van der Waals surface area (Å²) in [6, 6.07) is 22.1. The van der Waals surface area contributed by atoms with Gasteiger partial charge >= 0.3 is 0 Å². The van der Waals surface area contributed by atoms with Gasteiger partial charge < -0.3 is 15.4 Å². The normalized spacial score (nSPS) is 10.4. The van der Waals surface area contributed by atoms with Crippen molar-refractivity contribution in [3.63, 3.8) is 0 Å². The molecule has 0 spiro atoms. The van der Waals surface area contributed by atoms with E-state index in [0.717, 1.165) is 0 Å². The van der Waals surface area contributed by atoms with Crippen LogP contribution in [0.2, 0.25) is 0 Å². The molecule has 7 heteroatoms. The standard InChI is InChI=1S/C24H19FN4O2/c1-31-21-10-8-19(9-11-21)29-24(30)17-5-3-7-20(13-17)28-23-14-22(26-15-27-23)16-4-2-6-18(25)12-16/h2-15H,1H3,(H,29,30)(H,26,27,28). The molecule has 0 aliphatic rings. The molecule has 0 aliphatic heterocycles. The van der Waals surface area contributed by atoms with Crippen LogP contribution in [0.4, 0.5) is 21.6 Å². The summed E-state index contributed by atoms with van der Waals surface area (Å²) in [6.45, 7) is 0. The van der Waals surface area contributed by atoms with E-state index in [1.807, 2.05) is 6.07 Å². The Kier molecular flexibility index (Phi) is 5.84. The van der Waals surface area contributed by atoms with Gasteiger partial charge in [-0.15, -0.1) is 0 Å². The topological polar surface area (TPSA) is 76.1 Å². The van der Waals surface area contributed by atoms with Gasteiger partial charge in [0.25, 0.3) is 5.91 Å². The summed E-state index contributed by atoms with van der Waals surface area (Å²) in [5.41, 5.74) is 3.08. The lowest BCUT2D eigenvalue weighted by Crippen LogP contribution is -2.12. The van der Waals surface area contributed by atoms with Crippen molar-refractivity contribution in [3.05, 3.63) is 96.6 Å². The second-order valence-electron chi connectivity index (χ2n) is 6.69. The average molecular weight is 414 g/mol. The number of ether oxygens (including phenoxy) is 1. The van der Waals surface area contributed by atoms with Gasteiger partial charge in [-0.05, 0) is 54.6 Å². The number of rotatable bonds is 6. The van der Waals surface area contributed by atoms with Crippen LogP contribution in [-0.4, -0.2) is 23.0 Å². The quantitative estimate of drug-likeness (QED) is 0.449. The molecule has 0 aliphatic carbocycles. The van der Waals surface area contributed by atoms with Crippen molar-refractivity contribution >= 4 is 23.1 Å². The molecule has 0 fully saturated rings. The minimum atomic E-state index is -0.332. The Labute approximate surface area is 178 Å². The highest BCUT2D eigenvalue weighted by molar-refractivity contribution is 6.04. The number of nitrogens with zero attached hydrogens (tertiary/aromatic N) is 2. The maximum Gasteiger partial charge on any atom is 0.255 e. The smallest absolute Gasteiger partial charge is 0.255 e. The highest BCUT2D eigenvalue weighted by Gasteiger charge is 2.09. The predicted molar refractivity (Wildman–Crippen MR) is 118 cm³/mol. The number of halogens is 1. The first kappa shape index (κ1) is 20.0. The molecule has 3 aromatic carbocycles. The predicted octanol–water partition coefficient (Wildman–Crippen LogP) is 5.29. The SMILES string of the molecule is COc1ccc(NC(=O)c2cccc(Nc3cc(-c4cccc(F)c4)ncn3)c2)cc1. The second kappa shape index (κ2) is 9.04. The zero-order chi connectivity index (χ0) is 21.6. The summed E-state index contributed by atoms with van der Waals surface area (Å²) in [5, 5.41) is 6.01. The summed E-state index contributed by atoms with van der Waals surface area (Å²) >= 11 is 0. The Morgan fingerprint density at radius 1 is 0.903 bits per heavy atom. The highest BCUT2D eigenvalue weighted by Crippen LogP contribution is 2.23. The number of benzene rings is 3. The van der Waals surface area contributed by atoms with Gasteiger partial charge in [0.1, 0.15) is 23.7 Å². The maximum atomic E-state index is 13.5. The van der Waals surface area contributed by atoms with Gasteiger partial charge in [-0.3, -0.25) is 4.79 Å². The van der Waals surface area contributed by atoms with Crippen LogP contribution in [0, 0.1) is 5.82 Å². The van der Waals surface area contributed by atoms with Gasteiger partial charge in [0.05, 0.1) is 12.8 Å². The van der Waals surface area contributed by atoms with Crippen LogP contribution in [0.25, 0.3) is 11.3 Å². The monoisotopic (exact) mass is 414 g/mol. The summed E-state index contributed by atoms with van der Waals surface area (Å²) < 4.78 is 18.6. The van der Waals surface area contributed by atoms with Crippen molar-refractivity contribution in [2.75, 3.05) is 17.7 Å². The molecule has 154 valence electrons. The van der Waals surface area contributed by atoms with Crippen LogP contribution >= 0.6 is 0 Å². The molecule has 0 bridgehead atoms. The lowest BCUT2D eigenvalue weighted by atomic mass is 10.1. The van der Waals surface area contributed by atoms with Gasteiger partial charge in [-0.2, -0.15) is 0 Å². The molecule has 0 radical (unpaired) electrons. The Balaban J connectivity index is 1.49. The summed E-state index contributed by atoms with van der Waals surface area (Å²) in [4.78, 5) is 21.0. The molecule has 4 rings (SSSR count). The average Bonchev–Trinajstić information content (AvgIpc) is 2.80. The number of carbonyl (C=O) groups is 1. The maximum absolute atomic E-state index is 13.5. The van der Waals surface area contributed by atoms with Gasteiger partial charge in [-0.25, -0.2) is 14.4 Å². The van der Waals surface area contributed by atoms with Crippen molar-refractivity contribution in [1.82, 2.24) is 9.97 Å². The molecule has 0 unspecified atom stereocenters. The van der Waals surface area contributed by atoms with Crippen LogP contribution in [0.1, 0.15) is 10.4 Å². The van der Waals surface area contributed by atoms with Crippen LogP contribution in [-0.2, 0) is 0 Å². The van der Waals surface area contributed by atoms with Gasteiger partial charge in [0, 0.05) is 28.6 Å². The fourth-order valence-corrected chi connectivity index (χ4v) is 3.00. The molecule has 0 saturated heterocycles. The Hall–Kier alpha value is -4.26. The molecule has 2 N–H and O–H groups in total. The summed E-state index contributed by atoms with van der Waals surface area (Å²) in [7, 11) is 1.59. The van der Waals surface area contributed by atoms with E-state index in [0.29, 0.717) is 39.8 Å². The number of amides is 1. The number of hydrogen-bond donors (Lipinski definition) is 2. The molecule has 6 nitrogen and oxygen atoms in total. The lowest BCUT2D eigenvalue weighted by molar-refractivity contribution is 0.102. The third kappa shape index (κ3) is 5.02. The largest absolute Gasteiger partial charge is 0.497 e. The fourth-order valence-electron chi connectivity index (χ4n) is 3.00. The molecule has 0 saturated carbocycles. The van der Waals surface area contributed by atoms with E-state index < -0.39 is 0 Å². The number of nitrogens with one attached hydrogen (secondary N) is 2. The zero-order valence-corrected chi connectivity index (χ0v) is 16.7. The number of carbonyl (C=O) groups excluding carboxylic acids is 1. The Morgan fingerprint density at radius 2 is 1.71 bits per heavy atom. The number of methoxy groups -OCH3 is 1. The fraction of sp³-hybridized carbons (Fsp3) is 0.0417. The van der Waals surface area contributed by atoms with Gasteiger partial charge in [0.15, 0.2) is 0 Å². The van der Waals surface area contributed by atoms with Crippen molar-refractivity contribution < 1.29 is 13.9 Å². The summed E-state index contributed by atoms with van der Waals surface area (Å²) in [6.07, 6.45) is 1.41. The lowest BCUT2D eigenvalue weighted by Gasteiger charge is -2.10. The van der Waals surface area contributed by atoms with E-state index in [1.54, 1.807) is 67.8 Å². The first-order valence-corrected chi connectivity index (χ1v) is 9.51. The van der Waals surface area contributed by atoms with Crippen molar-refractivity contribution in [3.8, 4) is 17.0 Å². The Bertz CT molecular complexity index is 1210. The molecule has 4 aromatic rings. The van der Waals surface area contributed by atoms with Crippen LogP contribution in [0.5, 0.6) is 5.75 Å². The van der Waals surface area contributed by atoms with E-state index in [1.165, 1.54) is 18.5 Å². The molecule has 1 heterocycles. The third-order valence-electron chi connectivity index (χ3n) is 4.53. The van der Waals surface area contributed by atoms with E-state index in [2.05, 4.69) is 20.6 Å². The molecule has 1 aromatic heterocycles. The molecular weight excluding hydrogens is 395 g/mol. The van der Waals surface area contributed by atoms with Crippen LogP contribution in [0.15, 0.2) is 85.2 Å². The highest BCUT2D eigenvalue weighted by atomic mass is 19.1. The third-order valence-corrected chi connectivity index (χ3v) is 4.53. The second-order valence-corrected chi connectivity index (χ2v) is 6.69. The van der Waals surface area contributed by atoms with E-state index in [-0.39, 0.29) is 11.7 Å². The van der Waals surface area contributed by atoms with E-state index in [9.17, 15) is 9.18 Å². The van der Waals surface area contributed by atoms with Gasteiger partial charge in [-0.1, -0.05) is 18.2 Å². The van der Waals surface area contributed by atoms with E-state index in [4.69, 9.17) is 4.74 Å². The minimum Gasteiger partial charge on any atom is -0.497 e. The first-order valence-electron chi connectivity index (χ1n) is 9.51. The first-order chi connectivity index (χ1) is 15.1. The molecule has 31 heavy (non-hydrogen) atoms. The summed E-state index contributed by atoms with van der Waals surface area (Å²) in [5.74, 6) is 0.673. The minimum absolute atomic E-state index is 0.239. The van der Waals surface area contributed by atoms with E-state index >= 15 is 0 Å². The number of hydrogen-bond acceptors (Lipinski definition) is 5. The number of aromatic nitrogens is 2. The van der Waals surface area contributed by atoms with Crippen molar-refractivity contribution in [2.24, 2.45) is 0 Å². The van der Waals surface area contributed by atoms with Crippen LogP contribution in [0.3, 0.4) is 0 Å².